The molecule has 0 saturated carbocycles. The van der Waals surface area contributed by atoms with Gasteiger partial charge in [0.05, 0.1) is 4.92 Å². The van der Waals surface area contributed by atoms with Gasteiger partial charge in [-0.25, -0.2) is 9.78 Å². The molecule has 1 amide bonds. The van der Waals surface area contributed by atoms with E-state index in [1.165, 1.54) is 12.3 Å². The Bertz CT molecular complexity index is 722. The van der Waals surface area contributed by atoms with Gasteiger partial charge >= 0.3 is 11.8 Å². The highest BCUT2D eigenvalue weighted by molar-refractivity contribution is 5.70. The van der Waals surface area contributed by atoms with Crippen molar-refractivity contribution in [3.63, 3.8) is 0 Å². The van der Waals surface area contributed by atoms with Crippen molar-refractivity contribution in [3.8, 4) is 6.07 Å². The van der Waals surface area contributed by atoms with Gasteiger partial charge in [0, 0.05) is 31.9 Å². The highest BCUT2D eigenvalue weighted by Crippen LogP contribution is 2.30. The van der Waals surface area contributed by atoms with Crippen LogP contribution in [0.1, 0.15) is 33.3 Å². The molecule has 0 aliphatic carbocycles. The van der Waals surface area contributed by atoms with Crippen molar-refractivity contribution < 1.29 is 14.5 Å². The van der Waals surface area contributed by atoms with Gasteiger partial charge in [0.1, 0.15) is 17.2 Å². The molecular weight excluding hydrogens is 326 g/mol. The van der Waals surface area contributed by atoms with Gasteiger partial charge in [0.2, 0.25) is 5.82 Å². The first-order chi connectivity index (χ1) is 11.6. The summed E-state index contributed by atoms with van der Waals surface area (Å²) in [5.41, 5.74) is -0.921. The molecule has 0 unspecified atom stereocenters. The Labute approximate surface area is 145 Å². The maximum atomic E-state index is 12.3. The van der Waals surface area contributed by atoms with E-state index >= 15 is 0 Å². The first-order valence-electron chi connectivity index (χ1n) is 7.92. The molecule has 1 saturated heterocycles. The number of amides is 1. The highest BCUT2D eigenvalue weighted by Gasteiger charge is 2.34. The summed E-state index contributed by atoms with van der Waals surface area (Å²) in [5, 5.41) is 20.5. The third-order valence-corrected chi connectivity index (χ3v) is 3.76. The average Bonchev–Trinajstić information content (AvgIpc) is 2.51. The van der Waals surface area contributed by atoms with Crippen molar-refractivity contribution in [2.75, 3.05) is 24.5 Å². The Hall–Kier alpha value is -2.89. The van der Waals surface area contributed by atoms with Crippen LogP contribution in [0, 0.1) is 21.4 Å². The summed E-state index contributed by atoms with van der Waals surface area (Å²) in [6, 6.07) is 2.94. The van der Waals surface area contributed by atoms with Crippen LogP contribution in [0.4, 0.5) is 16.3 Å². The summed E-state index contributed by atoms with van der Waals surface area (Å²) in [7, 11) is 0. The zero-order valence-electron chi connectivity index (χ0n) is 14.7. The molecule has 0 N–H and O–H groups in total. The van der Waals surface area contributed by atoms with Crippen LogP contribution < -0.4 is 4.90 Å². The molecule has 1 atom stereocenters. The van der Waals surface area contributed by atoms with Crippen molar-refractivity contribution in [3.05, 3.63) is 27.9 Å². The fraction of sp³-hybridized carbons (Fsp3) is 0.562. The van der Waals surface area contributed by atoms with E-state index < -0.39 is 16.6 Å². The van der Waals surface area contributed by atoms with Gasteiger partial charge in [-0.05, 0) is 33.8 Å². The molecule has 0 bridgehead atoms. The Morgan fingerprint density at radius 1 is 1.48 bits per heavy atom. The number of anilines is 1. The summed E-state index contributed by atoms with van der Waals surface area (Å²) < 4.78 is 5.39. The summed E-state index contributed by atoms with van der Waals surface area (Å²) in [6.45, 7) is 8.32. The molecule has 1 fully saturated rings. The molecule has 2 heterocycles. The SMILES string of the molecule is C[C@@H]1CN(c2nccc(C#N)c2[N+](=O)[O-])CCN1C(=O)OC(C)(C)C. The number of ether oxygens (including phenoxy) is 1. The minimum absolute atomic E-state index is 0.0303. The summed E-state index contributed by atoms with van der Waals surface area (Å²) in [6.07, 6.45) is 0.971. The summed E-state index contributed by atoms with van der Waals surface area (Å²) in [5.74, 6) is 0.153. The molecule has 0 spiro atoms. The van der Waals surface area contributed by atoms with Crippen LogP contribution in [0.2, 0.25) is 0 Å². The maximum absolute atomic E-state index is 12.3. The summed E-state index contributed by atoms with van der Waals surface area (Å²) >= 11 is 0. The lowest BCUT2D eigenvalue weighted by molar-refractivity contribution is -0.384. The number of nitriles is 1. The number of nitrogens with zero attached hydrogens (tertiary/aromatic N) is 5. The van der Waals surface area contributed by atoms with E-state index in [9.17, 15) is 14.9 Å². The third-order valence-electron chi connectivity index (χ3n) is 3.76. The van der Waals surface area contributed by atoms with Gasteiger partial charge in [-0.1, -0.05) is 0 Å². The zero-order valence-corrected chi connectivity index (χ0v) is 14.7. The van der Waals surface area contributed by atoms with Crippen LogP contribution in [0.3, 0.4) is 0 Å². The van der Waals surface area contributed by atoms with Crippen LogP contribution in [-0.4, -0.2) is 52.2 Å². The molecular formula is C16H21N5O4. The minimum atomic E-state index is -0.591. The van der Waals surface area contributed by atoms with Gasteiger partial charge in [-0.3, -0.25) is 10.1 Å². The third kappa shape index (κ3) is 4.15. The first kappa shape index (κ1) is 18.4. The van der Waals surface area contributed by atoms with Crippen molar-refractivity contribution in [2.45, 2.75) is 39.3 Å². The van der Waals surface area contributed by atoms with Crippen LogP contribution in [-0.2, 0) is 4.74 Å². The van der Waals surface area contributed by atoms with Crippen molar-refractivity contribution in [2.24, 2.45) is 0 Å². The second kappa shape index (κ2) is 6.93. The fourth-order valence-electron chi connectivity index (χ4n) is 2.69. The molecule has 1 aliphatic heterocycles. The predicted octanol–water partition coefficient (Wildman–Crippen LogP) is 2.31. The standard InChI is InChI=1S/C16H21N5O4/c1-11-10-19(7-8-20(11)15(22)25-16(2,3)4)14-13(21(23)24)12(9-17)5-6-18-14/h5-6,11H,7-8,10H2,1-4H3/t11-/m1/s1. The smallest absolute Gasteiger partial charge is 0.410 e. The van der Waals surface area contributed by atoms with Crippen molar-refractivity contribution in [1.82, 2.24) is 9.88 Å². The Morgan fingerprint density at radius 2 is 2.16 bits per heavy atom. The molecule has 1 aromatic rings. The first-order valence-corrected chi connectivity index (χ1v) is 7.92. The fourth-order valence-corrected chi connectivity index (χ4v) is 2.69. The van der Waals surface area contributed by atoms with Crippen LogP contribution in [0.15, 0.2) is 12.3 Å². The number of pyridine rings is 1. The monoisotopic (exact) mass is 347 g/mol. The Morgan fingerprint density at radius 3 is 2.68 bits per heavy atom. The molecule has 9 nitrogen and oxygen atoms in total. The van der Waals surface area contributed by atoms with E-state index in [1.54, 1.807) is 30.6 Å². The summed E-state index contributed by atoms with van der Waals surface area (Å²) in [4.78, 5) is 30.4. The Kier molecular flexibility index (Phi) is 5.11. The van der Waals surface area contributed by atoms with Crippen LogP contribution in [0.5, 0.6) is 0 Å². The van der Waals surface area contributed by atoms with Crippen LogP contribution >= 0.6 is 0 Å². The number of hydrogen-bond donors (Lipinski definition) is 0. The van der Waals surface area contributed by atoms with Gasteiger partial charge in [0.25, 0.3) is 0 Å². The van der Waals surface area contributed by atoms with Gasteiger partial charge in [0.15, 0.2) is 0 Å². The predicted molar refractivity (Wildman–Crippen MR) is 90.2 cm³/mol. The van der Waals surface area contributed by atoms with E-state index in [2.05, 4.69) is 4.98 Å². The maximum Gasteiger partial charge on any atom is 0.410 e. The van der Waals surface area contributed by atoms with Gasteiger partial charge in [-0.15, -0.1) is 0 Å². The van der Waals surface area contributed by atoms with E-state index in [4.69, 9.17) is 10.00 Å². The topological polar surface area (TPSA) is 113 Å². The van der Waals surface area contributed by atoms with Gasteiger partial charge < -0.3 is 14.5 Å². The molecule has 0 radical (unpaired) electrons. The lowest BCUT2D eigenvalue weighted by Crippen LogP contribution is -2.55. The molecule has 1 aromatic heterocycles. The van der Waals surface area contributed by atoms with E-state index in [1.807, 2.05) is 13.0 Å². The second-order valence-corrected chi connectivity index (χ2v) is 6.87. The lowest BCUT2D eigenvalue weighted by atomic mass is 10.1. The normalized spacial score (nSPS) is 17.8. The highest BCUT2D eigenvalue weighted by atomic mass is 16.6. The number of rotatable bonds is 2. The van der Waals surface area contributed by atoms with Crippen LogP contribution in [0.25, 0.3) is 0 Å². The molecule has 1 aliphatic rings. The largest absolute Gasteiger partial charge is 0.444 e. The molecule has 0 aromatic carbocycles. The van der Waals surface area contributed by atoms with E-state index in [0.29, 0.717) is 19.6 Å². The number of nitro groups is 1. The molecule has 25 heavy (non-hydrogen) atoms. The number of aromatic nitrogens is 1. The minimum Gasteiger partial charge on any atom is -0.444 e. The number of carbonyl (C=O) groups excluding carboxylic acids is 1. The molecule has 2 rings (SSSR count). The number of piperazine rings is 1. The van der Waals surface area contributed by atoms with E-state index in [0.717, 1.165) is 0 Å². The molecule has 9 heteroatoms. The van der Waals surface area contributed by atoms with Crippen molar-refractivity contribution >= 4 is 17.6 Å². The van der Waals surface area contributed by atoms with Crippen molar-refractivity contribution in [1.29, 1.82) is 5.26 Å². The number of carbonyl (C=O) groups is 1. The second-order valence-electron chi connectivity index (χ2n) is 6.87. The lowest BCUT2D eigenvalue weighted by Gasteiger charge is -2.40. The average molecular weight is 347 g/mol. The quantitative estimate of drug-likeness (QED) is 0.596. The van der Waals surface area contributed by atoms with E-state index in [-0.39, 0.29) is 23.1 Å². The molecule has 134 valence electrons. The Balaban J connectivity index is 2.21. The van der Waals surface area contributed by atoms with Gasteiger partial charge in [-0.2, -0.15) is 5.26 Å². The number of hydrogen-bond acceptors (Lipinski definition) is 7. The zero-order chi connectivity index (χ0) is 18.8.